The van der Waals surface area contributed by atoms with Crippen LogP contribution in [0.25, 0.3) is 0 Å². The molecule has 0 aromatic heterocycles. The van der Waals surface area contributed by atoms with E-state index in [9.17, 15) is 4.79 Å². The number of carbonyl (C=O) groups is 1. The normalized spacial score (nSPS) is 16.0. The third-order valence-corrected chi connectivity index (χ3v) is 4.16. The molecular formula is C16H23ClN2O2. The molecule has 0 bridgehead atoms. The average Bonchev–Trinajstić information content (AvgIpc) is 2.51. The van der Waals surface area contributed by atoms with E-state index in [-0.39, 0.29) is 12.5 Å². The summed E-state index contributed by atoms with van der Waals surface area (Å²) in [6, 6.07) is 7.13. The van der Waals surface area contributed by atoms with Crippen LogP contribution < -0.4 is 10.1 Å². The quantitative estimate of drug-likeness (QED) is 0.878. The third kappa shape index (κ3) is 5.21. The molecule has 1 heterocycles. The molecule has 0 unspecified atom stereocenters. The molecule has 0 saturated carbocycles. The summed E-state index contributed by atoms with van der Waals surface area (Å²) >= 11 is 5.89. The molecular weight excluding hydrogens is 288 g/mol. The molecule has 1 amide bonds. The highest BCUT2D eigenvalue weighted by atomic mass is 35.5. The zero-order valence-corrected chi connectivity index (χ0v) is 13.2. The number of benzene rings is 1. The van der Waals surface area contributed by atoms with Gasteiger partial charge in [-0.3, -0.25) is 4.79 Å². The smallest absolute Gasteiger partial charge is 0.260 e. The molecule has 1 N–H and O–H groups in total. The summed E-state index contributed by atoms with van der Waals surface area (Å²) < 4.78 is 5.51. The summed E-state index contributed by atoms with van der Waals surface area (Å²) in [6.07, 6.45) is 3.37. The van der Waals surface area contributed by atoms with Crippen molar-refractivity contribution in [1.29, 1.82) is 0 Å². The van der Waals surface area contributed by atoms with Gasteiger partial charge in [0.25, 0.3) is 5.91 Å². The summed E-state index contributed by atoms with van der Waals surface area (Å²) in [5.74, 6) is 1.43. The number of hydrogen-bond donors (Lipinski definition) is 1. The SMILES string of the molecule is CNCCC1CCN(C(=O)COc2cccc(Cl)c2)CC1. The second-order valence-electron chi connectivity index (χ2n) is 5.46. The number of halogens is 1. The standard InChI is InChI=1S/C16H23ClN2O2/c1-18-8-5-13-6-9-19(10-7-13)16(20)12-21-15-4-2-3-14(17)11-15/h2-4,11,13,18H,5-10,12H2,1H3. The maximum absolute atomic E-state index is 12.1. The first-order chi connectivity index (χ1) is 10.2. The molecule has 2 rings (SSSR count). The lowest BCUT2D eigenvalue weighted by molar-refractivity contribution is -0.134. The predicted molar refractivity (Wildman–Crippen MR) is 84.8 cm³/mol. The molecule has 1 saturated heterocycles. The highest BCUT2D eigenvalue weighted by Gasteiger charge is 2.22. The summed E-state index contributed by atoms with van der Waals surface area (Å²) in [6.45, 7) is 2.82. The Bertz CT molecular complexity index is 459. The molecule has 116 valence electrons. The van der Waals surface area contributed by atoms with Crippen molar-refractivity contribution in [3.63, 3.8) is 0 Å². The highest BCUT2D eigenvalue weighted by Crippen LogP contribution is 2.21. The summed E-state index contributed by atoms with van der Waals surface area (Å²) in [4.78, 5) is 14.0. The van der Waals surface area contributed by atoms with Gasteiger partial charge < -0.3 is 15.0 Å². The third-order valence-electron chi connectivity index (χ3n) is 3.93. The number of nitrogens with zero attached hydrogens (tertiary/aromatic N) is 1. The predicted octanol–water partition coefficient (Wildman–Crippen LogP) is 2.57. The van der Waals surface area contributed by atoms with Crippen molar-refractivity contribution in [2.75, 3.05) is 33.3 Å². The zero-order valence-electron chi connectivity index (χ0n) is 12.5. The lowest BCUT2D eigenvalue weighted by atomic mass is 9.93. The van der Waals surface area contributed by atoms with Crippen molar-refractivity contribution in [2.45, 2.75) is 19.3 Å². The van der Waals surface area contributed by atoms with E-state index < -0.39 is 0 Å². The number of nitrogens with one attached hydrogen (secondary N) is 1. The molecule has 1 aromatic rings. The van der Waals surface area contributed by atoms with Crippen LogP contribution in [-0.4, -0.2) is 44.1 Å². The van der Waals surface area contributed by atoms with Crippen molar-refractivity contribution < 1.29 is 9.53 Å². The Morgan fingerprint density at radius 1 is 1.43 bits per heavy atom. The molecule has 1 fully saturated rings. The number of piperidine rings is 1. The van der Waals surface area contributed by atoms with Crippen LogP contribution in [0.15, 0.2) is 24.3 Å². The Hall–Kier alpha value is -1.26. The van der Waals surface area contributed by atoms with Gasteiger partial charge in [-0.25, -0.2) is 0 Å². The minimum absolute atomic E-state index is 0.0574. The molecule has 4 nitrogen and oxygen atoms in total. The fourth-order valence-corrected chi connectivity index (χ4v) is 2.79. The molecule has 0 spiro atoms. The van der Waals surface area contributed by atoms with Gasteiger partial charge >= 0.3 is 0 Å². The van der Waals surface area contributed by atoms with Gasteiger partial charge in [0.05, 0.1) is 0 Å². The van der Waals surface area contributed by atoms with Gasteiger partial charge in [0.15, 0.2) is 6.61 Å². The molecule has 5 heteroatoms. The van der Waals surface area contributed by atoms with Crippen LogP contribution in [0.1, 0.15) is 19.3 Å². The van der Waals surface area contributed by atoms with Gasteiger partial charge in [0.1, 0.15) is 5.75 Å². The Kier molecular flexibility index (Phi) is 6.33. The van der Waals surface area contributed by atoms with Crippen LogP contribution in [-0.2, 0) is 4.79 Å². The topological polar surface area (TPSA) is 41.6 Å². The lowest BCUT2D eigenvalue weighted by Crippen LogP contribution is -2.41. The fourth-order valence-electron chi connectivity index (χ4n) is 2.61. The Morgan fingerprint density at radius 3 is 2.86 bits per heavy atom. The fraction of sp³-hybridized carbons (Fsp3) is 0.562. The largest absolute Gasteiger partial charge is 0.484 e. The first-order valence-electron chi connectivity index (χ1n) is 7.50. The van der Waals surface area contributed by atoms with Crippen LogP contribution in [0.5, 0.6) is 5.75 Å². The van der Waals surface area contributed by atoms with Crippen molar-refractivity contribution >= 4 is 17.5 Å². The van der Waals surface area contributed by atoms with Gasteiger partial charge in [-0.15, -0.1) is 0 Å². The van der Waals surface area contributed by atoms with Gasteiger partial charge in [-0.1, -0.05) is 17.7 Å². The molecule has 1 aromatic carbocycles. The average molecular weight is 311 g/mol. The minimum Gasteiger partial charge on any atom is -0.484 e. The number of ether oxygens (including phenoxy) is 1. The van der Waals surface area contributed by atoms with Crippen molar-refractivity contribution in [3.8, 4) is 5.75 Å². The highest BCUT2D eigenvalue weighted by molar-refractivity contribution is 6.30. The van der Waals surface area contributed by atoms with E-state index in [1.165, 1.54) is 6.42 Å². The molecule has 1 aliphatic rings. The Labute approximate surface area is 131 Å². The van der Waals surface area contributed by atoms with E-state index in [1.54, 1.807) is 12.1 Å². The van der Waals surface area contributed by atoms with E-state index >= 15 is 0 Å². The van der Waals surface area contributed by atoms with Gasteiger partial charge in [0.2, 0.25) is 0 Å². The van der Waals surface area contributed by atoms with Crippen molar-refractivity contribution in [1.82, 2.24) is 10.2 Å². The number of rotatable bonds is 6. The van der Waals surface area contributed by atoms with Crippen LogP contribution in [0.2, 0.25) is 5.02 Å². The molecule has 21 heavy (non-hydrogen) atoms. The van der Waals surface area contributed by atoms with Crippen molar-refractivity contribution in [2.24, 2.45) is 5.92 Å². The Morgan fingerprint density at radius 2 is 2.19 bits per heavy atom. The second-order valence-corrected chi connectivity index (χ2v) is 5.90. The molecule has 1 aliphatic heterocycles. The van der Waals surface area contributed by atoms with E-state index in [4.69, 9.17) is 16.3 Å². The van der Waals surface area contributed by atoms with Crippen LogP contribution in [0, 0.1) is 5.92 Å². The maximum atomic E-state index is 12.1. The summed E-state index contributed by atoms with van der Waals surface area (Å²) in [7, 11) is 1.98. The lowest BCUT2D eigenvalue weighted by Gasteiger charge is -2.32. The molecule has 0 radical (unpaired) electrons. The molecule has 0 aliphatic carbocycles. The Balaban J connectivity index is 1.72. The van der Waals surface area contributed by atoms with Crippen LogP contribution in [0.4, 0.5) is 0 Å². The van der Waals surface area contributed by atoms with Gasteiger partial charge in [0, 0.05) is 18.1 Å². The maximum Gasteiger partial charge on any atom is 0.260 e. The molecule has 0 atom stereocenters. The van der Waals surface area contributed by atoms with Crippen molar-refractivity contribution in [3.05, 3.63) is 29.3 Å². The monoisotopic (exact) mass is 310 g/mol. The number of amides is 1. The van der Waals surface area contributed by atoms with E-state index in [0.717, 1.165) is 38.4 Å². The van der Waals surface area contributed by atoms with E-state index in [0.29, 0.717) is 10.8 Å². The second kappa shape index (κ2) is 8.25. The van der Waals surface area contributed by atoms with E-state index in [1.807, 2.05) is 24.1 Å². The first kappa shape index (κ1) is 16.1. The minimum atomic E-state index is 0.0574. The van der Waals surface area contributed by atoms with Gasteiger partial charge in [-0.05, 0) is 57.0 Å². The van der Waals surface area contributed by atoms with E-state index in [2.05, 4.69) is 5.32 Å². The zero-order chi connectivity index (χ0) is 15.1. The number of likely N-dealkylation sites (tertiary alicyclic amines) is 1. The number of carbonyl (C=O) groups excluding carboxylic acids is 1. The van der Waals surface area contributed by atoms with Gasteiger partial charge in [-0.2, -0.15) is 0 Å². The first-order valence-corrected chi connectivity index (χ1v) is 7.87. The summed E-state index contributed by atoms with van der Waals surface area (Å²) in [5, 5.41) is 3.80. The van der Waals surface area contributed by atoms with Crippen LogP contribution in [0.3, 0.4) is 0 Å². The van der Waals surface area contributed by atoms with Crippen LogP contribution >= 0.6 is 11.6 Å². The summed E-state index contributed by atoms with van der Waals surface area (Å²) in [5.41, 5.74) is 0. The number of hydrogen-bond acceptors (Lipinski definition) is 3.